The second-order valence-corrected chi connectivity index (χ2v) is 10.8. The van der Waals surface area contributed by atoms with Crippen LogP contribution in [0, 0.1) is 40.4 Å². The largest absolute Gasteiger partial charge is 0.197 e. The summed E-state index contributed by atoms with van der Waals surface area (Å²) in [6.07, 6.45) is 26.9. The Bertz CT molecular complexity index is 537. The Labute approximate surface area is 181 Å². The summed E-state index contributed by atoms with van der Waals surface area (Å²) in [4.78, 5) is 0. The van der Waals surface area contributed by atoms with Crippen LogP contribution < -0.4 is 0 Å². The highest BCUT2D eigenvalue weighted by Gasteiger charge is 2.41. The summed E-state index contributed by atoms with van der Waals surface area (Å²) >= 11 is 0. The van der Waals surface area contributed by atoms with Crippen LogP contribution in [-0.4, -0.2) is 0 Å². The van der Waals surface area contributed by atoms with Crippen molar-refractivity contribution < 1.29 is 0 Å². The molecule has 1 heteroatoms. The molecule has 0 aromatic rings. The van der Waals surface area contributed by atoms with Crippen molar-refractivity contribution >= 4 is 0 Å². The number of hydrogen-bond acceptors (Lipinski definition) is 1. The molecule has 3 aliphatic rings. The van der Waals surface area contributed by atoms with E-state index in [1.54, 1.807) is 0 Å². The number of hydrogen-bond donors (Lipinski definition) is 0. The Hall–Kier alpha value is -0.770. The molecule has 1 atom stereocenters. The Morgan fingerprint density at radius 1 is 0.828 bits per heavy atom. The first-order valence-electron chi connectivity index (χ1n) is 13.3. The van der Waals surface area contributed by atoms with Crippen molar-refractivity contribution in [2.45, 2.75) is 129 Å². The lowest BCUT2D eigenvalue weighted by Crippen LogP contribution is -2.33. The van der Waals surface area contributed by atoms with Crippen LogP contribution in [-0.2, 0) is 0 Å². The van der Waals surface area contributed by atoms with Gasteiger partial charge in [-0.3, -0.25) is 0 Å². The maximum Gasteiger partial charge on any atom is 0.0782 e. The van der Waals surface area contributed by atoms with Crippen LogP contribution >= 0.6 is 0 Å². The van der Waals surface area contributed by atoms with Gasteiger partial charge in [0.05, 0.1) is 11.5 Å². The molecule has 3 aliphatic carbocycles. The van der Waals surface area contributed by atoms with Crippen molar-refractivity contribution in [2.24, 2.45) is 29.1 Å². The first kappa shape index (κ1) is 22.9. The maximum absolute atomic E-state index is 10.2. The van der Waals surface area contributed by atoms with Crippen molar-refractivity contribution in [3.8, 4) is 6.07 Å². The zero-order valence-electron chi connectivity index (χ0n) is 19.6. The molecule has 0 spiro atoms. The van der Waals surface area contributed by atoms with Gasteiger partial charge in [-0.25, -0.2) is 0 Å². The average Bonchev–Trinajstić information content (AvgIpc) is 2.79. The lowest BCUT2D eigenvalue weighted by molar-refractivity contribution is 0.130. The lowest BCUT2D eigenvalue weighted by Gasteiger charge is -2.42. The first-order valence-corrected chi connectivity index (χ1v) is 13.3. The SMILES string of the molecule is CCCCC[C@H]1CC=C([C@]2(C#N)CC[C@@H](C3CCC(CCCC)CC3)CC2)CC1. The number of nitrogens with zero attached hydrogens (tertiary/aromatic N) is 1. The van der Waals surface area contributed by atoms with Gasteiger partial charge in [-0.05, 0) is 81.5 Å². The van der Waals surface area contributed by atoms with Gasteiger partial charge >= 0.3 is 0 Å². The third-order valence-corrected chi connectivity index (χ3v) is 8.97. The minimum atomic E-state index is -0.0940. The second-order valence-electron chi connectivity index (χ2n) is 10.8. The van der Waals surface area contributed by atoms with E-state index in [1.165, 1.54) is 108 Å². The average molecular weight is 398 g/mol. The molecule has 0 aromatic carbocycles. The minimum Gasteiger partial charge on any atom is -0.197 e. The van der Waals surface area contributed by atoms with E-state index in [2.05, 4.69) is 26.0 Å². The summed E-state index contributed by atoms with van der Waals surface area (Å²) in [5, 5.41) is 10.2. The highest BCUT2D eigenvalue weighted by atomic mass is 14.5. The molecule has 3 rings (SSSR count). The molecule has 0 aromatic heterocycles. The van der Waals surface area contributed by atoms with E-state index >= 15 is 0 Å². The molecule has 0 N–H and O–H groups in total. The molecule has 164 valence electrons. The topological polar surface area (TPSA) is 23.8 Å². The van der Waals surface area contributed by atoms with E-state index < -0.39 is 0 Å². The first-order chi connectivity index (χ1) is 14.2. The minimum absolute atomic E-state index is 0.0940. The summed E-state index contributed by atoms with van der Waals surface area (Å²) in [7, 11) is 0. The number of allylic oxidation sites excluding steroid dienone is 2. The smallest absolute Gasteiger partial charge is 0.0782 e. The highest BCUT2D eigenvalue weighted by molar-refractivity contribution is 5.26. The Balaban J connectivity index is 1.46. The Morgan fingerprint density at radius 3 is 2.07 bits per heavy atom. The number of unbranched alkanes of at least 4 members (excludes halogenated alkanes) is 3. The summed E-state index contributed by atoms with van der Waals surface area (Å²) < 4.78 is 0. The molecule has 0 aliphatic heterocycles. The predicted molar refractivity (Wildman–Crippen MR) is 125 cm³/mol. The molecule has 0 radical (unpaired) electrons. The van der Waals surface area contributed by atoms with Gasteiger partial charge in [0.15, 0.2) is 0 Å². The predicted octanol–water partition coefficient (Wildman–Crippen LogP) is 8.99. The van der Waals surface area contributed by atoms with Crippen LogP contribution in [0.5, 0.6) is 0 Å². The molecule has 0 heterocycles. The molecule has 29 heavy (non-hydrogen) atoms. The zero-order chi connectivity index (χ0) is 20.5. The fourth-order valence-corrected chi connectivity index (χ4v) is 6.82. The van der Waals surface area contributed by atoms with Crippen molar-refractivity contribution in [3.63, 3.8) is 0 Å². The van der Waals surface area contributed by atoms with Gasteiger partial charge in [0.2, 0.25) is 0 Å². The second kappa shape index (κ2) is 11.6. The molecule has 0 amide bonds. The summed E-state index contributed by atoms with van der Waals surface area (Å²) in [6, 6.07) is 2.84. The fraction of sp³-hybridized carbons (Fsp3) is 0.893. The standard InChI is InChI=1S/C28H47N/c1-3-5-7-9-24-12-16-27(17-13-24)28(22-29)20-18-26(19-21-28)25-14-10-23(11-15-25)8-6-4-2/h16,23-26H,3-15,17-21H2,1-2H3/t23?,24-,25?,26-,28-/m0/s1. The van der Waals surface area contributed by atoms with Gasteiger partial charge < -0.3 is 0 Å². The van der Waals surface area contributed by atoms with Gasteiger partial charge in [0.1, 0.15) is 0 Å². The van der Waals surface area contributed by atoms with Crippen LogP contribution in [0.4, 0.5) is 0 Å². The lowest BCUT2D eigenvalue weighted by atomic mass is 9.61. The normalized spacial score (nSPS) is 35.7. The van der Waals surface area contributed by atoms with Crippen LogP contribution in [0.3, 0.4) is 0 Å². The van der Waals surface area contributed by atoms with Gasteiger partial charge in [-0.1, -0.05) is 83.3 Å². The third-order valence-electron chi connectivity index (χ3n) is 8.97. The molecule has 0 saturated heterocycles. The van der Waals surface area contributed by atoms with Crippen molar-refractivity contribution in [2.75, 3.05) is 0 Å². The molecule has 2 fully saturated rings. The van der Waals surface area contributed by atoms with Crippen LogP contribution in [0.1, 0.15) is 129 Å². The van der Waals surface area contributed by atoms with E-state index in [1.807, 2.05) is 0 Å². The van der Waals surface area contributed by atoms with E-state index in [0.29, 0.717) is 0 Å². The third kappa shape index (κ3) is 6.12. The Morgan fingerprint density at radius 2 is 1.48 bits per heavy atom. The van der Waals surface area contributed by atoms with E-state index in [0.717, 1.165) is 36.5 Å². The van der Waals surface area contributed by atoms with Crippen LogP contribution in [0.2, 0.25) is 0 Å². The highest BCUT2D eigenvalue weighted by Crippen LogP contribution is 2.51. The van der Waals surface area contributed by atoms with Gasteiger partial charge in [-0.2, -0.15) is 5.26 Å². The van der Waals surface area contributed by atoms with E-state index in [9.17, 15) is 5.26 Å². The molecule has 0 unspecified atom stereocenters. The Kier molecular flexibility index (Phi) is 9.14. The zero-order valence-corrected chi connectivity index (χ0v) is 19.6. The molecule has 2 saturated carbocycles. The van der Waals surface area contributed by atoms with Gasteiger partial charge in [0.25, 0.3) is 0 Å². The number of rotatable bonds is 9. The van der Waals surface area contributed by atoms with Crippen molar-refractivity contribution in [3.05, 3.63) is 11.6 Å². The molecule has 1 nitrogen and oxygen atoms in total. The van der Waals surface area contributed by atoms with Crippen molar-refractivity contribution in [1.82, 2.24) is 0 Å². The maximum atomic E-state index is 10.2. The van der Waals surface area contributed by atoms with E-state index in [4.69, 9.17) is 0 Å². The van der Waals surface area contributed by atoms with Gasteiger partial charge in [0, 0.05) is 0 Å². The van der Waals surface area contributed by atoms with Crippen LogP contribution in [0.15, 0.2) is 11.6 Å². The van der Waals surface area contributed by atoms with E-state index in [-0.39, 0.29) is 5.41 Å². The monoisotopic (exact) mass is 397 g/mol. The quantitative estimate of drug-likeness (QED) is 0.281. The summed E-state index contributed by atoms with van der Waals surface area (Å²) in [5.41, 5.74) is 1.44. The molecular formula is C28H47N. The summed E-state index contributed by atoms with van der Waals surface area (Å²) in [6.45, 7) is 4.62. The summed E-state index contributed by atoms with van der Waals surface area (Å²) in [5.74, 6) is 3.79. The number of nitriles is 1. The van der Waals surface area contributed by atoms with Gasteiger partial charge in [-0.15, -0.1) is 0 Å². The molecular weight excluding hydrogens is 350 g/mol. The van der Waals surface area contributed by atoms with Crippen molar-refractivity contribution in [1.29, 1.82) is 5.26 Å². The van der Waals surface area contributed by atoms with Crippen LogP contribution in [0.25, 0.3) is 0 Å². The molecule has 0 bridgehead atoms. The fourth-order valence-electron chi connectivity index (χ4n) is 6.82.